The van der Waals surface area contributed by atoms with Gasteiger partial charge in [0.25, 0.3) is 0 Å². The summed E-state index contributed by atoms with van der Waals surface area (Å²) in [4.78, 5) is 8.34. The van der Waals surface area contributed by atoms with Crippen molar-refractivity contribution in [3.05, 3.63) is 23.7 Å². The number of nitrogens with zero attached hydrogens (tertiary/aromatic N) is 2. The highest BCUT2D eigenvalue weighted by Crippen LogP contribution is 2.23. The Balaban J connectivity index is 2.54. The summed E-state index contributed by atoms with van der Waals surface area (Å²) < 4.78 is 1.14. The van der Waals surface area contributed by atoms with E-state index in [-0.39, 0.29) is 0 Å². The Morgan fingerprint density at radius 2 is 2.38 bits per heavy atom. The van der Waals surface area contributed by atoms with Crippen LogP contribution in [-0.2, 0) is 0 Å². The molecule has 0 bridgehead atoms. The Labute approximate surface area is 79.9 Å². The molecule has 0 aliphatic rings. The van der Waals surface area contributed by atoms with Crippen molar-refractivity contribution in [2.75, 3.05) is 0 Å². The molecule has 4 heteroatoms. The van der Waals surface area contributed by atoms with Gasteiger partial charge in [-0.3, -0.25) is 0 Å². The molecule has 1 aromatic carbocycles. The number of nitrogens with two attached hydrogens (primary N) is 1. The summed E-state index contributed by atoms with van der Waals surface area (Å²) in [5.41, 5.74) is 9.21. The Bertz CT molecular complexity index is 455. The van der Waals surface area contributed by atoms with E-state index < -0.39 is 0 Å². The van der Waals surface area contributed by atoms with E-state index >= 15 is 0 Å². The first-order valence-electron chi connectivity index (χ1n) is 3.90. The lowest BCUT2D eigenvalue weighted by Gasteiger charge is -1.94. The first-order valence-corrected chi connectivity index (χ1v) is 4.78. The van der Waals surface area contributed by atoms with Crippen LogP contribution >= 0.6 is 11.3 Å². The zero-order valence-corrected chi connectivity index (χ0v) is 8.01. The lowest BCUT2D eigenvalue weighted by atomic mass is 10.3. The fourth-order valence-electron chi connectivity index (χ4n) is 1.12. The Hall–Kier alpha value is -1.42. The van der Waals surface area contributed by atoms with E-state index in [9.17, 15) is 0 Å². The van der Waals surface area contributed by atoms with Gasteiger partial charge in [-0.15, -0.1) is 11.3 Å². The zero-order chi connectivity index (χ0) is 9.26. The average molecular weight is 191 g/mol. The molecule has 0 unspecified atom stereocenters. The molecule has 1 aromatic heterocycles. The van der Waals surface area contributed by atoms with Crippen LogP contribution in [-0.4, -0.2) is 10.8 Å². The van der Waals surface area contributed by atoms with Crippen LogP contribution < -0.4 is 5.73 Å². The third kappa shape index (κ3) is 1.67. The summed E-state index contributed by atoms with van der Waals surface area (Å²) in [6.07, 6.45) is 0. The quantitative estimate of drug-likeness (QED) is 0.555. The van der Waals surface area contributed by atoms with Gasteiger partial charge in [0.05, 0.1) is 27.3 Å². The minimum absolute atomic E-state index is 0.573. The van der Waals surface area contributed by atoms with Crippen molar-refractivity contribution in [1.29, 1.82) is 0 Å². The van der Waals surface area contributed by atoms with Crippen LogP contribution in [0.3, 0.4) is 0 Å². The standard InChI is InChI=1S/C9H9N3S/c1-6(10)12-7-2-3-8-9(4-7)13-5-11-8/h2-5H,1H3,(H2,10,12). The number of hydrogen-bond donors (Lipinski definition) is 1. The summed E-state index contributed by atoms with van der Waals surface area (Å²) in [6.45, 7) is 1.77. The minimum atomic E-state index is 0.573. The van der Waals surface area contributed by atoms with Gasteiger partial charge in [0.1, 0.15) is 0 Å². The van der Waals surface area contributed by atoms with Crippen LogP contribution in [0.15, 0.2) is 28.7 Å². The summed E-state index contributed by atoms with van der Waals surface area (Å²) in [5.74, 6) is 0.573. The van der Waals surface area contributed by atoms with E-state index in [2.05, 4.69) is 9.98 Å². The number of aliphatic imine (C=N–C) groups is 1. The molecule has 3 nitrogen and oxygen atoms in total. The molecule has 2 N–H and O–H groups in total. The van der Waals surface area contributed by atoms with E-state index in [0.29, 0.717) is 5.84 Å². The molecule has 0 atom stereocenters. The molecular weight excluding hydrogens is 182 g/mol. The van der Waals surface area contributed by atoms with Gasteiger partial charge in [-0.05, 0) is 25.1 Å². The van der Waals surface area contributed by atoms with Crippen LogP contribution in [0.5, 0.6) is 0 Å². The summed E-state index contributed by atoms with van der Waals surface area (Å²) in [6, 6.07) is 5.86. The van der Waals surface area contributed by atoms with Gasteiger partial charge in [0.2, 0.25) is 0 Å². The fourth-order valence-corrected chi connectivity index (χ4v) is 1.83. The van der Waals surface area contributed by atoms with Gasteiger partial charge >= 0.3 is 0 Å². The Morgan fingerprint density at radius 1 is 1.54 bits per heavy atom. The van der Waals surface area contributed by atoms with Crippen molar-refractivity contribution < 1.29 is 0 Å². The molecule has 13 heavy (non-hydrogen) atoms. The second kappa shape index (κ2) is 3.14. The molecule has 0 saturated heterocycles. The lowest BCUT2D eigenvalue weighted by Crippen LogP contribution is -2.03. The second-order valence-electron chi connectivity index (χ2n) is 2.76. The molecular formula is C9H9N3S. The maximum Gasteiger partial charge on any atom is 0.0964 e. The third-order valence-corrected chi connectivity index (χ3v) is 2.41. The Kier molecular flexibility index (Phi) is 1.98. The van der Waals surface area contributed by atoms with E-state index in [0.717, 1.165) is 15.9 Å². The number of rotatable bonds is 1. The number of thiazole rings is 1. The molecule has 0 aliphatic heterocycles. The van der Waals surface area contributed by atoms with Gasteiger partial charge in [-0.25, -0.2) is 9.98 Å². The number of amidine groups is 1. The monoisotopic (exact) mass is 191 g/mol. The maximum absolute atomic E-state index is 5.48. The second-order valence-corrected chi connectivity index (χ2v) is 3.64. The molecule has 0 radical (unpaired) electrons. The first-order chi connectivity index (χ1) is 6.25. The van der Waals surface area contributed by atoms with Gasteiger partial charge in [0.15, 0.2) is 0 Å². The highest BCUT2D eigenvalue weighted by Gasteiger charge is 1.96. The predicted octanol–water partition coefficient (Wildman–Crippen LogP) is 2.30. The smallest absolute Gasteiger partial charge is 0.0964 e. The largest absolute Gasteiger partial charge is 0.387 e. The SMILES string of the molecule is CC(N)=Nc1ccc2ncsc2c1. The maximum atomic E-state index is 5.48. The molecule has 0 saturated carbocycles. The van der Waals surface area contributed by atoms with Gasteiger partial charge < -0.3 is 5.73 Å². The molecule has 0 aliphatic carbocycles. The van der Waals surface area contributed by atoms with Gasteiger partial charge in [-0.1, -0.05) is 0 Å². The molecule has 1 heterocycles. The van der Waals surface area contributed by atoms with Crippen LogP contribution in [0.4, 0.5) is 5.69 Å². The van der Waals surface area contributed by atoms with Crippen molar-refractivity contribution in [3.8, 4) is 0 Å². The number of fused-ring (bicyclic) bond motifs is 1. The molecule has 2 aromatic rings. The van der Waals surface area contributed by atoms with Crippen molar-refractivity contribution in [3.63, 3.8) is 0 Å². The van der Waals surface area contributed by atoms with Crippen molar-refractivity contribution in [2.45, 2.75) is 6.92 Å². The van der Waals surface area contributed by atoms with Crippen LogP contribution in [0.2, 0.25) is 0 Å². The summed E-state index contributed by atoms with van der Waals surface area (Å²) in [5, 5.41) is 0. The highest BCUT2D eigenvalue weighted by molar-refractivity contribution is 7.16. The van der Waals surface area contributed by atoms with Crippen LogP contribution in [0, 0.1) is 0 Å². The van der Waals surface area contributed by atoms with Gasteiger partial charge in [-0.2, -0.15) is 0 Å². The normalized spacial score (nSPS) is 12.2. The van der Waals surface area contributed by atoms with Crippen molar-refractivity contribution >= 4 is 33.1 Å². The van der Waals surface area contributed by atoms with Crippen molar-refractivity contribution in [2.24, 2.45) is 10.7 Å². The minimum Gasteiger partial charge on any atom is -0.387 e. The predicted molar refractivity (Wildman–Crippen MR) is 56.6 cm³/mol. The van der Waals surface area contributed by atoms with Gasteiger partial charge in [0, 0.05) is 0 Å². The Morgan fingerprint density at radius 3 is 3.15 bits per heavy atom. The van der Waals surface area contributed by atoms with E-state index in [1.54, 1.807) is 18.3 Å². The van der Waals surface area contributed by atoms with Crippen molar-refractivity contribution in [1.82, 2.24) is 4.98 Å². The zero-order valence-electron chi connectivity index (χ0n) is 7.19. The van der Waals surface area contributed by atoms with E-state index in [1.165, 1.54) is 0 Å². The lowest BCUT2D eigenvalue weighted by molar-refractivity contribution is 1.45. The number of aromatic nitrogens is 1. The van der Waals surface area contributed by atoms with Crippen LogP contribution in [0.25, 0.3) is 10.2 Å². The molecule has 0 amide bonds. The molecule has 0 fully saturated rings. The highest BCUT2D eigenvalue weighted by atomic mass is 32.1. The fraction of sp³-hybridized carbons (Fsp3) is 0.111. The van der Waals surface area contributed by atoms with E-state index in [1.807, 2.05) is 23.7 Å². The third-order valence-electron chi connectivity index (χ3n) is 1.62. The summed E-state index contributed by atoms with van der Waals surface area (Å²) >= 11 is 1.61. The topological polar surface area (TPSA) is 51.3 Å². The average Bonchev–Trinajstić information content (AvgIpc) is 2.49. The molecule has 2 rings (SSSR count). The molecule has 66 valence electrons. The first kappa shape index (κ1) is 8.19. The molecule has 0 spiro atoms. The van der Waals surface area contributed by atoms with E-state index in [4.69, 9.17) is 5.73 Å². The van der Waals surface area contributed by atoms with Crippen LogP contribution in [0.1, 0.15) is 6.92 Å². The summed E-state index contributed by atoms with van der Waals surface area (Å²) in [7, 11) is 0. The number of hydrogen-bond acceptors (Lipinski definition) is 3. The number of benzene rings is 1.